The molecular formula is C29H45NO9. The number of unbranched alkanes of at least 4 members (excludes halogenated alkanes) is 4. The Morgan fingerprint density at radius 1 is 0.872 bits per heavy atom. The van der Waals surface area contributed by atoms with E-state index in [1.165, 1.54) is 19.2 Å². The minimum Gasteiger partial charge on any atom is -0.468 e. The van der Waals surface area contributed by atoms with E-state index >= 15 is 0 Å². The van der Waals surface area contributed by atoms with Crippen molar-refractivity contribution in [2.24, 2.45) is 5.73 Å². The lowest BCUT2D eigenvalue weighted by atomic mass is 9.86. The number of ether oxygens (including phenoxy) is 5. The van der Waals surface area contributed by atoms with Gasteiger partial charge >= 0.3 is 24.1 Å². The molecule has 10 nitrogen and oxygen atoms in total. The molecule has 0 aromatic heterocycles. The molecular weight excluding hydrogens is 506 g/mol. The Balaban J connectivity index is 3.10. The Bertz CT molecular complexity index is 933. The highest BCUT2D eigenvalue weighted by Gasteiger charge is 2.38. The lowest BCUT2D eigenvalue weighted by Crippen LogP contribution is -2.53. The summed E-state index contributed by atoms with van der Waals surface area (Å²) >= 11 is 0. The van der Waals surface area contributed by atoms with Gasteiger partial charge in [-0.15, -0.1) is 0 Å². The van der Waals surface area contributed by atoms with Gasteiger partial charge in [0.2, 0.25) is 0 Å². The zero-order valence-corrected chi connectivity index (χ0v) is 24.0. The summed E-state index contributed by atoms with van der Waals surface area (Å²) in [5.41, 5.74) is 5.45. The third kappa shape index (κ3) is 13.0. The molecule has 1 rings (SSSR count). The van der Waals surface area contributed by atoms with Gasteiger partial charge in [0, 0.05) is 25.7 Å². The fourth-order valence-corrected chi connectivity index (χ4v) is 3.87. The molecule has 0 amide bonds. The average molecular weight is 552 g/mol. The van der Waals surface area contributed by atoms with E-state index in [-0.39, 0.29) is 43.8 Å². The molecule has 0 heterocycles. The number of hydrogen-bond donors (Lipinski definition) is 1. The maximum Gasteiger partial charge on any atom is 0.508 e. The van der Waals surface area contributed by atoms with Crippen LogP contribution in [0.4, 0.5) is 4.79 Å². The van der Waals surface area contributed by atoms with Crippen molar-refractivity contribution in [1.29, 1.82) is 0 Å². The number of carbonyl (C=O) groups excluding carboxylic acids is 4. The summed E-state index contributed by atoms with van der Waals surface area (Å²) in [4.78, 5) is 49.4. The monoisotopic (exact) mass is 551 g/mol. The van der Waals surface area contributed by atoms with Gasteiger partial charge < -0.3 is 29.4 Å². The van der Waals surface area contributed by atoms with E-state index in [1.54, 1.807) is 13.0 Å². The number of hydrogen-bond acceptors (Lipinski definition) is 10. The summed E-state index contributed by atoms with van der Waals surface area (Å²) in [6.45, 7) is 7.82. The maximum absolute atomic E-state index is 12.7. The van der Waals surface area contributed by atoms with Crippen LogP contribution in [0.1, 0.15) is 97.5 Å². The molecule has 0 bridgehead atoms. The number of methoxy groups -OCH3 is 1. The number of carbonyl (C=O) groups is 4. The van der Waals surface area contributed by atoms with Crippen molar-refractivity contribution in [3.63, 3.8) is 0 Å². The Morgan fingerprint density at radius 3 is 2.03 bits per heavy atom. The van der Waals surface area contributed by atoms with Gasteiger partial charge in [-0.25, -0.2) is 4.79 Å². The van der Waals surface area contributed by atoms with E-state index < -0.39 is 35.7 Å². The van der Waals surface area contributed by atoms with Crippen LogP contribution < -0.4 is 15.2 Å². The van der Waals surface area contributed by atoms with Crippen LogP contribution in [-0.4, -0.2) is 49.4 Å². The van der Waals surface area contributed by atoms with Gasteiger partial charge in [0.05, 0.1) is 13.7 Å². The maximum atomic E-state index is 12.7. The van der Waals surface area contributed by atoms with Gasteiger partial charge in [-0.2, -0.15) is 0 Å². The summed E-state index contributed by atoms with van der Waals surface area (Å²) < 4.78 is 26.3. The normalized spacial score (nSPS) is 13.1. The van der Waals surface area contributed by atoms with E-state index in [0.717, 1.165) is 32.1 Å². The second kappa shape index (κ2) is 18.2. The standard InChI is InChI=1S/C29H45NO9/c1-6-9-12-17-36-28(34)37-21(4)19-29(30,27(33)35-5)20-22-15-16-23(38-25(31)13-10-7-2)24(18-22)39-26(32)14-11-8-3/h15-16,18,21H,6-14,17,19-20,30H2,1-5H3/t21-,29?/m0/s1. The lowest BCUT2D eigenvalue weighted by molar-refractivity contribution is -0.148. The van der Waals surface area contributed by atoms with E-state index in [4.69, 9.17) is 29.4 Å². The molecule has 0 aliphatic carbocycles. The van der Waals surface area contributed by atoms with Crippen molar-refractivity contribution < 1.29 is 42.9 Å². The predicted molar refractivity (Wildman–Crippen MR) is 145 cm³/mol. The molecule has 39 heavy (non-hydrogen) atoms. The molecule has 0 saturated carbocycles. The molecule has 1 unspecified atom stereocenters. The first-order valence-electron chi connectivity index (χ1n) is 13.8. The van der Waals surface area contributed by atoms with Crippen LogP contribution in [0.5, 0.6) is 11.5 Å². The van der Waals surface area contributed by atoms with Gasteiger partial charge in [0.15, 0.2) is 11.5 Å². The summed E-state index contributed by atoms with van der Waals surface area (Å²) in [6.07, 6.45) is 4.40. The lowest BCUT2D eigenvalue weighted by Gasteiger charge is -2.29. The Labute approximate surface area is 231 Å². The van der Waals surface area contributed by atoms with Crippen LogP contribution >= 0.6 is 0 Å². The quantitative estimate of drug-likeness (QED) is 0.143. The number of esters is 3. The minimum atomic E-state index is -1.57. The van der Waals surface area contributed by atoms with Crippen LogP contribution in [0.25, 0.3) is 0 Å². The first-order valence-corrected chi connectivity index (χ1v) is 13.8. The molecule has 1 aromatic rings. The second-order valence-electron chi connectivity index (χ2n) is 9.70. The molecule has 0 aliphatic rings. The smallest absolute Gasteiger partial charge is 0.468 e. The Morgan fingerprint density at radius 2 is 1.46 bits per heavy atom. The molecule has 0 radical (unpaired) electrons. The second-order valence-corrected chi connectivity index (χ2v) is 9.70. The van der Waals surface area contributed by atoms with E-state index in [0.29, 0.717) is 18.4 Å². The zero-order chi connectivity index (χ0) is 29.3. The predicted octanol–water partition coefficient (Wildman–Crippen LogP) is 5.41. The third-order valence-corrected chi connectivity index (χ3v) is 5.95. The molecule has 10 heteroatoms. The molecule has 0 aliphatic heterocycles. The van der Waals surface area contributed by atoms with Gasteiger partial charge in [0.25, 0.3) is 0 Å². The van der Waals surface area contributed by atoms with Crippen molar-refractivity contribution in [3.8, 4) is 11.5 Å². The highest BCUT2D eigenvalue weighted by Crippen LogP contribution is 2.32. The van der Waals surface area contributed by atoms with Crippen LogP contribution in [0, 0.1) is 0 Å². The highest BCUT2D eigenvalue weighted by atomic mass is 16.7. The first-order chi connectivity index (χ1) is 18.6. The van der Waals surface area contributed by atoms with Crippen LogP contribution in [0.15, 0.2) is 18.2 Å². The molecule has 1 aromatic carbocycles. The molecule has 0 fully saturated rings. The zero-order valence-electron chi connectivity index (χ0n) is 24.0. The van der Waals surface area contributed by atoms with E-state index in [9.17, 15) is 19.2 Å². The van der Waals surface area contributed by atoms with Crippen molar-refractivity contribution in [2.75, 3.05) is 13.7 Å². The van der Waals surface area contributed by atoms with Crippen molar-refractivity contribution in [3.05, 3.63) is 23.8 Å². The Hall–Kier alpha value is -3.14. The van der Waals surface area contributed by atoms with Crippen LogP contribution in [0.2, 0.25) is 0 Å². The van der Waals surface area contributed by atoms with Crippen molar-refractivity contribution in [2.45, 2.75) is 110 Å². The fourth-order valence-electron chi connectivity index (χ4n) is 3.87. The van der Waals surface area contributed by atoms with Gasteiger partial charge in [-0.1, -0.05) is 52.5 Å². The topological polar surface area (TPSA) is 140 Å². The third-order valence-electron chi connectivity index (χ3n) is 5.95. The van der Waals surface area contributed by atoms with Gasteiger partial charge in [-0.05, 0) is 43.9 Å². The largest absolute Gasteiger partial charge is 0.508 e. The highest BCUT2D eigenvalue weighted by molar-refractivity contribution is 5.81. The molecule has 0 spiro atoms. The minimum absolute atomic E-state index is 0.0253. The van der Waals surface area contributed by atoms with E-state index in [2.05, 4.69) is 0 Å². The molecule has 2 N–H and O–H groups in total. The summed E-state index contributed by atoms with van der Waals surface area (Å²) in [5, 5.41) is 0. The Kier molecular flexibility index (Phi) is 15.8. The summed E-state index contributed by atoms with van der Waals surface area (Å²) in [6, 6.07) is 4.65. The SMILES string of the molecule is CCCCCOC(=O)O[C@@H](C)CC(N)(Cc1ccc(OC(=O)CCCC)c(OC(=O)CCCC)c1)C(=O)OC. The van der Waals surface area contributed by atoms with Gasteiger partial charge in [-0.3, -0.25) is 14.4 Å². The number of benzene rings is 1. The van der Waals surface area contributed by atoms with Crippen molar-refractivity contribution in [1.82, 2.24) is 0 Å². The number of nitrogens with two attached hydrogens (primary N) is 1. The summed E-state index contributed by atoms with van der Waals surface area (Å²) in [7, 11) is 1.22. The number of rotatable bonds is 18. The van der Waals surface area contributed by atoms with Gasteiger partial charge in [0.1, 0.15) is 11.6 Å². The average Bonchev–Trinajstić information content (AvgIpc) is 2.89. The summed E-state index contributed by atoms with van der Waals surface area (Å²) in [5.74, 6) is -1.44. The molecule has 2 atom stereocenters. The van der Waals surface area contributed by atoms with E-state index in [1.807, 2.05) is 20.8 Å². The molecule has 220 valence electrons. The first kappa shape index (κ1) is 33.9. The van der Waals surface area contributed by atoms with Crippen LogP contribution in [-0.2, 0) is 35.0 Å². The fraction of sp³-hybridized carbons (Fsp3) is 0.655. The van der Waals surface area contributed by atoms with Crippen LogP contribution in [0.3, 0.4) is 0 Å². The van der Waals surface area contributed by atoms with Crippen molar-refractivity contribution >= 4 is 24.1 Å². The molecule has 0 saturated heterocycles.